The van der Waals surface area contributed by atoms with Crippen LogP contribution < -0.4 is 4.90 Å². The van der Waals surface area contributed by atoms with Crippen LogP contribution in [0.25, 0.3) is 0 Å². The molecule has 1 unspecified atom stereocenters. The molecule has 0 aromatic heterocycles. The standard InChI is InChI=1S/C23H31ClN2O/c1-25(2)20-4-3-18(21(24)11-20)10-19-5-6-26(22(19)27)23-12-15-7-16(13-23)9-17(8-15)14-23/h3-4,11,15-17,19H,5-10,12-14H2,1-2H3. The quantitative estimate of drug-likeness (QED) is 0.744. The summed E-state index contributed by atoms with van der Waals surface area (Å²) >= 11 is 6.54. The predicted octanol–water partition coefficient (Wildman–Crippen LogP) is 4.77. The molecule has 1 amide bonds. The largest absolute Gasteiger partial charge is 0.378 e. The van der Waals surface area contributed by atoms with E-state index >= 15 is 0 Å². The zero-order valence-corrected chi connectivity index (χ0v) is 17.3. The molecule has 1 aromatic carbocycles. The molecule has 5 fully saturated rings. The van der Waals surface area contributed by atoms with Gasteiger partial charge in [-0.05, 0) is 86.8 Å². The first-order valence-corrected chi connectivity index (χ1v) is 11.1. The molecule has 146 valence electrons. The number of likely N-dealkylation sites (tertiary alicyclic amines) is 1. The van der Waals surface area contributed by atoms with E-state index in [-0.39, 0.29) is 11.5 Å². The molecule has 4 bridgehead atoms. The molecule has 4 aliphatic carbocycles. The van der Waals surface area contributed by atoms with Gasteiger partial charge in [-0.2, -0.15) is 0 Å². The number of amides is 1. The third-order valence-electron chi connectivity index (χ3n) is 7.91. The highest BCUT2D eigenvalue weighted by atomic mass is 35.5. The number of hydrogen-bond donors (Lipinski definition) is 0. The van der Waals surface area contributed by atoms with E-state index in [0.29, 0.717) is 5.91 Å². The number of halogens is 1. The summed E-state index contributed by atoms with van der Waals surface area (Å²) in [5, 5.41) is 0.794. The monoisotopic (exact) mass is 386 g/mol. The molecule has 4 saturated carbocycles. The molecule has 3 nitrogen and oxygen atoms in total. The van der Waals surface area contributed by atoms with E-state index in [4.69, 9.17) is 11.6 Å². The van der Waals surface area contributed by atoms with Gasteiger partial charge < -0.3 is 9.80 Å². The van der Waals surface area contributed by atoms with Crippen molar-refractivity contribution in [2.75, 3.05) is 25.5 Å². The van der Waals surface area contributed by atoms with E-state index in [0.717, 1.165) is 53.4 Å². The fourth-order valence-corrected chi connectivity index (χ4v) is 7.29. The number of carbonyl (C=O) groups is 1. The first-order chi connectivity index (χ1) is 12.9. The van der Waals surface area contributed by atoms with Crippen molar-refractivity contribution in [1.82, 2.24) is 4.90 Å². The van der Waals surface area contributed by atoms with Crippen LogP contribution in [-0.2, 0) is 11.2 Å². The summed E-state index contributed by atoms with van der Waals surface area (Å²) in [6, 6.07) is 6.24. The zero-order valence-electron chi connectivity index (χ0n) is 16.6. The molecule has 4 heteroatoms. The molecule has 27 heavy (non-hydrogen) atoms. The van der Waals surface area contributed by atoms with E-state index in [1.54, 1.807) is 0 Å². The molecule has 6 rings (SSSR count). The lowest BCUT2D eigenvalue weighted by molar-refractivity contribution is -0.147. The summed E-state index contributed by atoms with van der Waals surface area (Å²) < 4.78 is 0. The van der Waals surface area contributed by atoms with Crippen molar-refractivity contribution in [3.05, 3.63) is 28.8 Å². The van der Waals surface area contributed by atoms with Crippen LogP contribution in [0.4, 0.5) is 5.69 Å². The van der Waals surface area contributed by atoms with Gasteiger partial charge in [0.05, 0.1) is 0 Å². The molecule has 1 atom stereocenters. The van der Waals surface area contributed by atoms with Crippen molar-refractivity contribution in [3.8, 4) is 0 Å². The summed E-state index contributed by atoms with van der Waals surface area (Å²) in [5.41, 5.74) is 2.43. The maximum Gasteiger partial charge on any atom is 0.226 e. The second-order valence-electron chi connectivity index (χ2n) is 9.99. The second-order valence-corrected chi connectivity index (χ2v) is 10.4. The van der Waals surface area contributed by atoms with Crippen LogP contribution in [0, 0.1) is 23.7 Å². The lowest BCUT2D eigenvalue weighted by Gasteiger charge is -2.60. The van der Waals surface area contributed by atoms with Crippen LogP contribution in [0.5, 0.6) is 0 Å². The summed E-state index contributed by atoms with van der Waals surface area (Å²) in [6.07, 6.45) is 9.89. The van der Waals surface area contributed by atoms with Gasteiger partial charge >= 0.3 is 0 Å². The normalized spacial score (nSPS) is 37.3. The van der Waals surface area contributed by atoms with Crippen molar-refractivity contribution in [3.63, 3.8) is 0 Å². The number of anilines is 1. The first-order valence-electron chi connectivity index (χ1n) is 10.7. The van der Waals surface area contributed by atoms with Crippen LogP contribution in [-0.4, -0.2) is 37.0 Å². The summed E-state index contributed by atoms with van der Waals surface area (Å²) in [5.74, 6) is 3.17. The molecule has 0 radical (unpaired) electrons. The zero-order chi connectivity index (χ0) is 18.8. The summed E-state index contributed by atoms with van der Waals surface area (Å²) in [7, 11) is 4.05. The Bertz CT molecular complexity index is 723. The minimum Gasteiger partial charge on any atom is -0.378 e. The van der Waals surface area contributed by atoms with Gasteiger partial charge in [0.2, 0.25) is 5.91 Å². The average molecular weight is 387 g/mol. The molecular weight excluding hydrogens is 356 g/mol. The van der Waals surface area contributed by atoms with Gasteiger partial charge in [-0.15, -0.1) is 0 Å². The number of hydrogen-bond acceptors (Lipinski definition) is 2. The Balaban J connectivity index is 1.32. The lowest BCUT2D eigenvalue weighted by atomic mass is 9.52. The van der Waals surface area contributed by atoms with E-state index in [1.807, 2.05) is 20.2 Å². The third kappa shape index (κ3) is 2.97. The Morgan fingerprint density at radius 3 is 2.30 bits per heavy atom. The highest BCUT2D eigenvalue weighted by molar-refractivity contribution is 6.31. The Hall–Kier alpha value is -1.22. The number of nitrogens with zero attached hydrogens (tertiary/aromatic N) is 2. The predicted molar refractivity (Wildman–Crippen MR) is 110 cm³/mol. The van der Waals surface area contributed by atoms with Crippen molar-refractivity contribution in [2.24, 2.45) is 23.7 Å². The highest BCUT2D eigenvalue weighted by Crippen LogP contribution is 2.58. The van der Waals surface area contributed by atoms with Gasteiger partial charge in [-0.3, -0.25) is 4.79 Å². The summed E-state index contributed by atoms with van der Waals surface area (Å²) in [6.45, 7) is 0.961. The maximum atomic E-state index is 13.4. The third-order valence-corrected chi connectivity index (χ3v) is 8.27. The maximum absolute atomic E-state index is 13.4. The Labute approximate surface area is 168 Å². The smallest absolute Gasteiger partial charge is 0.226 e. The fraction of sp³-hybridized carbons (Fsp3) is 0.696. The van der Waals surface area contributed by atoms with Gasteiger partial charge in [0, 0.05) is 42.8 Å². The van der Waals surface area contributed by atoms with Gasteiger partial charge in [-0.1, -0.05) is 17.7 Å². The van der Waals surface area contributed by atoms with Crippen LogP contribution >= 0.6 is 11.6 Å². The van der Waals surface area contributed by atoms with Crippen molar-refractivity contribution in [1.29, 1.82) is 0 Å². The SMILES string of the molecule is CN(C)c1ccc(CC2CCN(C34CC5CC(CC(C5)C3)C4)C2=O)c(Cl)c1. The van der Waals surface area contributed by atoms with Gasteiger partial charge in [0.1, 0.15) is 0 Å². The lowest BCUT2D eigenvalue weighted by Crippen LogP contribution is -2.60. The topological polar surface area (TPSA) is 23.6 Å². The minimum atomic E-state index is 0.112. The number of carbonyl (C=O) groups excluding carboxylic acids is 1. The van der Waals surface area contributed by atoms with Gasteiger partial charge in [-0.25, -0.2) is 0 Å². The van der Waals surface area contributed by atoms with E-state index in [9.17, 15) is 4.79 Å². The molecule has 1 aromatic rings. The minimum absolute atomic E-state index is 0.112. The number of rotatable bonds is 4. The molecule has 0 spiro atoms. The van der Waals surface area contributed by atoms with Gasteiger partial charge in [0.25, 0.3) is 0 Å². The van der Waals surface area contributed by atoms with Crippen LogP contribution in [0.1, 0.15) is 50.5 Å². The molecule has 1 heterocycles. The van der Waals surface area contributed by atoms with E-state index < -0.39 is 0 Å². The number of benzene rings is 1. The second kappa shape index (κ2) is 6.40. The molecular formula is C23H31ClN2O. The highest BCUT2D eigenvalue weighted by Gasteiger charge is 2.56. The van der Waals surface area contributed by atoms with Crippen LogP contribution in [0.3, 0.4) is 0 Å². The van der Waals surface area contributed by atoms with Crippen LogP contribution in [0.2, 0.25) is 5.02 Å². The Morgan fingerprint density at radius 1 is 1.11 bits per heavy atom. The molecule has 5 aliphatic rings. The van der Waals surface area contributed by atoms with E-state index in [1.165, 1.54) is 38.5 Å². The first kappa shape index (κ1) is 17.8. The Kier molecular flexibility index (Phi) is 4.23. The fourth-order valence-electron chi connectivity index (χ4n) is 7.04. The van der Waals surface area contributed by atoms with Gasteiger partial charge in [0.15, 0.2) is 0 Å². The van der Waals surface area contributed by atoms with Crippen LogP contribution in [0.15, 0.2) is 18.2 Å². The Morgan fingerprint density at radius 2 is 1.74 bits per heavy atom. The molecule has 1 aliphatic heterocycles. The summed E-state index contributed by atoms with van der Waals surface area (Å²) in [4.78, 5) is 17.8. The molecule has 1 saturated heterocycles. The average Bonchev–Trinajstić information content (AvgIpc) is 2.97. The molecule has 0 N–H and O–H groups in total. The van der Waals surface area contributed by atoms with Crippen molar-refractivity contribution < 1.29 is 4.79 Å². The van der Waals surface area contributed by atoms with Crippen molar-refractivity contribution in [2.45, 2.75) is 56.9 Å². The van der Waals surface area contributed by atoms with E-state index in [2.05, 4.69) is 21.9 Å². The van der Waals surface area contributed by atoms with Crippen molar-refractivity contribution >= 4 is 23.2 Å².